The predicted molar refractivity (Wildman–Crippen MR) is 103 cm³/mol. The lowest BCUT2D eigenvalue weighted by Crippen LogP contribution is -2.58. The van der Waals surface area contributed by atoms with Crippen LogP contribution in [0.5, 0.6) is 0 Å². The number of hydrogen-bond acceptors (Lipinski definition) is 4. The van der Waals surface area contributed by atoms with Crippen LogP contribution < -0.4 is 0 Å². The van der Waals surface area contributed by atoms with Crippen LogP contribution in [0.15, 0.2) is 24.3 Å². The third-order valence-electron chi connectivity index (χ3n) is 5.43. The van der Waals surface area contributed by atoms with Crippen LogP contribution in [0.2, 0.25) is 0 Å². The number of carboxylic acids is 1. The molecule has 2 aliphatic rings. The van der Waals surface area contributed by atoms with Crippen molar-refractivity contribution in [3.63, 3.8) is 0 Å². The highest BCUT2D eigenvalue weighted by molar-refractivity contribution is 5.97. The molecular formula is C21H27FN2O5. The fraction of sp³-hybridized carbons (Fsp3) is 0.571. The maximum absolute atomic E-state index is 13.2. The number of hydrogen-bond donors (Lipinski definition) is 1. The van der Waals surface area contributed by atoms with Crippen molar-refractivity contribution in [2.45, 2.75) is 51.8 Å². The summed E-state index contributed by atoms with van der Waals surface area (Å²) in [5.74, 6) is -2.10. The molecule has 29 heavy (non-hydrogen) atoms. The van der Waals surface area contributed by atoms with Crippen LogP contribution in [0.4, 0.5) is 4.39 Å². The number of halogens is 1. The number of carboxylic acid groups (broad SMARTS) is 1. The van der Waals surface area contributed by atoms with Crippen LogP contribution in [-0.4, -0.2) is 64.2 Å². The van der Waals surface area contributed by atoms with E-state index in [9.17, 15) is 23.9 Å². The molecule has 1 N–H and O–H groups in total. The maximum Gasteiger partial charge on any atom is 0.328 e. The topological polar surface area (TPSA) is 87.2 Å². The molecule has 2 fully saturated rings. The standard InChI is InChI=1S/C21H27FN2O5/c1-20(2,3)12-17(25)23-10-8-21(9-11-23)24(16(13-29-21)19(27)28)18(26)14-4-6-15(22)7-5-14/h4-7,16H,8-13H2,1-3H3,(H,27,28)/t16-/m0/s1. The van der Waals surface area contributed by atoms with E-state index in [2.05, 4.69) is 0 Å². The number of aliphatic carboxylic acids is 1. The summed E-state index contributed by atoms with van der Waals surface area (Å²) in [7, 11) is 0. The second-order valence-corrected chi connectivity index (χ2v) is 8.91. The Morgan fingerprint density at radius 2 is 1.76 bits per heavy atom. The number of ether oxygens (including phenoxy) is 1. The van der Waals surface area contributed by atoms with Gasteiger partial charge in [-0.15, -0.1) is 0 Å². The van der Waals surface area contributed by atoms with Gasteiger partial charge in [-0.1, -0.05) is 20.8 Å². The molecule has 0 saturated carbocycles. The molecule has 1 aromatic carbocycles. The molecule has 0 aromatic heterocycles. The molecule has 2 amide bonds. The van der Waals surface area contributed by atoms with Crippen LogP contribution in [0, 0.1) is 11.2 Å². The molecule has 7 nitrogen and oxygen atoms in total. The van der Waals surface area contributed by atoms with Crippen LogP contribution in [0.1, 0.15) is 50.4 Å². The lowest BCUT2D eigenvalue weighted by molar-refractivity contribution is -0.148. The Hall–Kier alpha value is -2.48. The van der Waals surface area contributed by atoms with Crippen molar-refractivity contribution in [1.29, 1.82) is 0 Å². The molecule has 3 rings (SSSR count). The van der Waals surface area contributed by atoms with E-state index in [1.165, 1.54) is 29.2 Å². The fourth-order valence-electron chi connectivity index (χ4n) is 3.96. The third-order valence-corrected chi connectivity index (χ3v) is 5.43. The first-order valence-corrected chi connectivity index (χ1v) is 9.76. The van der Waals surface area contributed by atoms with Crippen LogP contribution >= 0.6 is 0 Å². The van der Waals surface area contributed by atoms with E-state index in [1.807, 2.05) is 20.8 Å². The summed E-state index contributed by atoms with van der Waals surface area (Å²) in [5.41, 5.74) is -1.00. The quantitative estimate of drug-likeness (QED) is 0.834. The normalized spacial score (nSPS) is 21.4. The third kappa shape index (κ3) is 4.42. The maximum atomic E-state index is 13.2. The first-order valence-electron chi connectivity index (χ1n) is 9.76. The Morgan fingerprint density at radius 3 is 2.28 bits per heavy atom. The Balaban J connectivity index is 1.80. The highest BCUT2D eigenvalue weighted by atomic mass is 19.1. The number of benzene rings is 1. The first-order chi connectivity index (χ1) is 13.5. The molecule has 0 bridgehead atoms. The van der Waals surface area contributed by atoms with Gasteiger partial charge in [-0.2, -0.15) is 0 Å². The van der Waals surface area contributed by atoms with Gasteiger partial charge >= 0.3 is 5.97 Å². The number of carbonyl (C=O) groups is 3. The SMILES string of the molecule is CC(C)(C)CC(=O)N1CCC2(CC1)OC[C@@H](C(=O)O)N2C(=O)c1ccc(F)cc1. The molecule has 1 aromatic rings. The smallest absolute Gasteiger partial charge is 0.328 e. The van der Waals surface area contributed by atoms with Gasteiger partial charge < -0.3 is 14.7 Å². The van der Waals surface area contributed by atoms with Crippen LogP contribution in [0.25, 0.3) is 0 Å². The molecular weight excluding hydrogens is 379 g/mol. The molecule has 0 aliphatic carbocycles. The largest absolute Gasteiger partial charge is 0.480 e. The zero-order chi connectivity index (χ0) is 21.4. The van der Waals surface area contributed by atoms with E-state index in [0.717, 1.165) is 0 Å². The van der Waals surface area contributed by atoms with E-state index in [-0.39, 0.29) is 23.5 Å². The second kappa shape index (κ2) is 7.74. The second-order valence-electron chi connectivity index (χ2n) is 8.91. The van der Waals surface area contributed by atoms with E-state index in [1.54, 1.807) is 4.90 Å². The van der Waals surface area contributed by atoms with Crippen molar-refractivity contribution in [2.75, 3.05) is 19.7 Å². The Bertz CT molecular complexity index is 794. The van der Waals surface area contributed by atoms with E-state index >= 15 is 0 Å². The van der Waals surface area contributed by atoms with E-state index in [0.29, 0.717) is 32.4 Å². The van der Waals surface area contributed by atoms with Gasteiger partial charge in [0, 0.05) is 37.9 Å². The van der Waals surface area contributed by atoms with E-state index in [4.69, 9.17) is 4.74 Å². The first kappa shape index (κ1) is 21.2. The van der Waals surface area contributed by atoms with Crippen molar-refractivity contribution in [3.8, 4) is 0 Å². The fourth-order valence-corrected chi connectivity index (χ4v) is 3.96. The van der Waals surface area contributed by atoms with Crippen molar-refractivity contribution >= 4 is 17.8 Å². The van der Waals surface area contributed by atoms with Gasteiger partial charge in [-0.3, -0.25) is 14.5 Å². The molecule has 2 aliphatic heterocycles. The summed E-state index contributed by atoms with van der Waals surface area (Å²) >= 11 is 0. The number of rotatable bonds is 3. The van der Waals surface area contributed by atoms with Gasteiger partial charge in [-0.05, 0) is 29.7 Å². The van der Waals surface area contributed by atoms with Crippen LogP contribution in [-0.2, 0) is 14.3 Å². The predicted octanol–water partition coefficient (Wildman–Crippen LogP) is 2.51. The number of likely N-dealkylation sites (tertiary alicyclic amines) is 1. The molecule has 0 unspecified atom stereocenters. The number of piperidine rings is 1. The van der Waals surface area contributed by atoms with Crippen molar-refractivity contribution in [3.05, 3.63) is 35.6 Å². The Kier molecular flexibility index (Phi) is 5.67. The summed E-state index contributed by atoms with van der Waals surface area (Å²) in [4.78, 5) is 40.4. The number of amides is 2. The minimum atomic E-state index is -1.15. The molecule has 158 valence electrons. The van der Waals surface area contributed by atoms with Crippen LogP contribution in [0.3, 0.4) is 0 Å². The summed E-state index contributed by atoms with van der Waals surface area (Å²) in [6, 6.07) is 3.89. The summed E-state index contributed by atoms with van der Waals surface area (Å²) in [5, 5.41) is 9.61. The Labute approximate surface area is 169 Å². The average Bonchev–Trinajstić information content (AvgIpc) is 3.00. The monoisotopic (exact) mass is 406 g/mol. The lowest BCUT2D eigenvalue weighted by atomic mass is 9.90. The summed E-state index contributed by atoms with van der Waals surface area (Å²) in [6.07, 6.45) is 1.08. The lowest BCUT2D eigenvalue weighted by Gasteiger charge is -2.44. The van der Waals surface area contributed by atoms with Crippen molar-refractivity contribution in [1.82, 2.24) is 9.80 Å². The van der Waals surface area contributed by atoms with Gasteiger partial charge in [0.05, 0.1) is 6.61 Å². The molecule has 1 atom stereocenters. The minimum absolute atomic E-state index is 0.0385. The molecule has 2 heterocycles. The van der Waals surface area contributed by atoms with E-state index < -0.39 is 29.5 Å². The van der Waals surface area contributed by atoms with Gasteiger partial charge in [-0.25, -0.2) is 9.18 Å². The molecule has 2 saturated heterocycles. The highest BCUT2D eigenvalue weighted by Crippen LogP contribution is 2.39. The zero-order valence-corrected chi connectivity index (χ0v) is 17.0. The highest BCUT2D eigenvalue weighted by Gasteiger charge is 2.54. The Morgan fingerprint density at radius 1 is 1.17 bits per heavy atom. The van der Waals surface area contributed by atoms with Crippen molar-refractivity contribution in [2.24, 2.45) is 5.41 Å². The van der Waals surface area contributed by atoms with Crippen molar-refractivity contribution < 1.29 is 28.6 Å². The molecule has 0 radical (unpaired) electrons. The van der Waals surface area contributed by atoms with Gasteiger partial charge in [0.1, 0.15) is 11.5 Å². The minimum Gasteiger partial charge on any atom is -0.480 e. The molecule has 8 heteroatoms. The number of nitrogens with zero attached hydrogens (tertiary/aromatic N) is 2. The van der Waals surface area contributed by atoms with Gasteiger partial charge in [0.25, 0.3) is 5.91 Å². The summed E-state index contributed by atoms with van der Waals surface area (Å²) in [6.45, 7) is 6.64. The average molecular weight is 406 g/mol. The summed E-state index contributed by atoms with van der Waals surface area (Å²) < 4.78 is 19.1. The molecule has 1 spiro atoms. The zero-order valence-electron chi connectivity index (χ0n) is 17.0. The van der Waals surface area contributed by atoms with Gasteiger partial charge in [0.15, 0.2) is 6.04 Å². The van der Waals surface area contributed by atoms with Gasteiger partial charge in [0.2, 0.25) is 5.91 Å². The number of carbonyl (C=O) groups excluding carboxylic acids is 2.